The van der Waals surface area contributed by atoms with Gasteiger partial charge in [0.25, 0.3) is 0 Å². The van der Waals surface area contributed by atoms with E-state index in [4.69, 9.17) is 9.97 Å². The molecule has 9 aromatic carbocycles. The molecule has 0 radical (unpaired) electrons. The number of nitrogens with zero attached hydrogens (tertiary/aromatic N) is 3. The van der Waals surface area contributed by atoms with Crippen molar-refractivity contribution in [2.45, 2.75) is 0 Å². The van der Waals surface area contributed by atoms with Crippen LogP contribution in [0, 0.1) is 0 Å². The molecule has 226 valence electrons. The van der Waals surface area contributed by atoms with Crippen LogP contribution in [0.4, 0.5) is 0 Å². The Bertz CT molecular complexity index is 3120. The summed E-state index contributed by atoms with van der Waals surface area (Å²) < 4.78 is 2.37. The van der Waals surface area contributed by atoms with E-state index in [2.05, 4.69) is 168 Å². The molecule has 0 fully saturated rings. The summed E-state index contributed by atoms with van der Waals surface area (Å²) in [7, 11) is 0. The molecule has 0 unspecified atom stereocenters. The Kier molecular flexibility index (Phi) is 5.38. The van der Waals surface area contributed by atoms with Crippen molar-refractivity contribution in [1.29, 1.82) is 0 Å². The lowest BCUT2D eigenvalue weighted by atomic mass is 9.91. The van der Waals surface area contributed by atoms with Gasteiger partial charge >= 0.3 is 0 Å². The Balaban J connectivity index is 1.41. The molecule has 3 heteroatoms. The zero-order valence-corrected chi connectivity index (χ0v) is 26.4. The van der Waals surface area contributed by atoms with Gasteiger partial charge in [-0.25, -0.2) is 9.97 Å². The lowest BCUT2D eigenvalue weighted by Gasteiger charge is -2.15. The number of rotatable bonds is 2. The third kappa shape index (κ3) is 3.67. The Labute approximate surface area is 281 Å². The van der Waals surface area contributed by atoms with Crippen molar-refractivity contribution in [2.24, 2.45) is 0 Å². The van der Waals surface area contributed by atoms with Crippen LogP contribution in [0.2, 0.25) is 0 Å². The minimum atomic E-state index is 0.828. The van der Waals surface area contributed by atoms with E-state index in [-0.39, 0.29) is 0 Å². The van der Waals surface area contributed by atoms with Crippen LogP contribution in [0.3, 0.4) is 0 Å². The summed E-state index contributed by atoms with van der Waals surface area (Å²) in [4.78, 5) is 11.0. The van der Waals surface area contributed by atoms with Crippen LogP contribution in [-0.4, -0.2) is 14.5 Å². The van der Waals surface area contributed by atoms with Gasteiger partial charge in [0.1, 0.15) is 5.69 Å². The molecule has 0 aliphatic rings. The Morgan fingerprint density at radius 1 is 0.347 bits per heavy atom. The SMILES string of the molecule is c1ccc(-c2nc3ccc4ccccc4c3nc2-n2c3ccc4ccccc4c3c3c4c5ccccc5c5ccccc5c4ccc32)cc1. The van der Waals surface area contributed by atoms with Gasteiger partial charge < -0.3 is 0 Å². The molecule has 2 aromatic heterocycles. The van der Waals surface area contributed by atoms with Crippen LogP contribution in [0.15, 0.2) is 164 Å². The fraction of sp³-hybridized carbons (Fsp3) is 0. The molecule has 0 atom stereocenters. The van der Waals surface area contributed by atoms with E-state index in [0.717, 1.165) is 49.9 Å². The normalized spacial score (nSPS) is 12.1. The highest BCUT2D eigenvalue weighted by Crippen LogP contribution is 2.46. The Hall–Kier alpha value is -6.58. The molecule has 11 rings (SSSR count). The highest BCUT2D eigenvalue weighted by Gasteiger charge is 2.23. The van der Waals surface area contributed by atoms with Crippen molar-refractivity contribution in [1.82, 2.24) is 14.5 Å². The smallest absolute Gasteiger partial charge is 0.165 e. The van der Waals surface area contributed by atoms with Gasteiger partial charge in [0, 0.05) is 27.1 Å². The maximum Gasteiger partial charge on any atom is 0.165 e. The average Bonchev–Trinajstić information content (AvgIpc) is 3.52. The summed E-state index contributed by atoms with van der Waals surface area (Å²) in [6.07, 6.45) is 0. The maximum absolute atomic E-state index is 5.60. The first-order valence-electron chi connectivity index (χ1n) is 16.8. The van der Waals surface area contributed by atoms with Crippen molar-refractivity contribution in [3.8, 4) is 17.1 Å². The average molecular weight is 622 g/mol. The fourth-order valence-corrected chi connectivity index (χ4v) is 8.22. The van der Waals surface area contributed by atoms with Crippen LogP contribution >= 0.6 is 0 Å². The lowest BCUT2D eigenvalue weighted by Crippen LogP contribution is -2.04. The molecule has 2 heterocycles. The molecule has 0 amide bonds. The van der Waals surface area contributed by atoms with E-state index in [9.17, 15) is 0 Å². The van der Waals surface area contributed by atoms with E-state index in [1.165, 1.54) is 53.9 Å². The lowest BCUT2D eigenvalue weighted by molar-refractivity contribution is 1.08. The van der Waals surface area contributed by atoms with Crippen LogP contribution in [-0.2, 0) is 0 Å². The molecule has 3 nitrogen and oxygen atoms in total. The molecule has 49 heavy (non-hydrogen) atoms. The second-order valence-corrected chi connectivity index (χ2v) is 12.9. The van der Waals surface area contributed by atoms with Gasteiger partial charge in [0.05, 0.1) is 22.1 Å². The zero-order valence-electron chi connectivity index (χ0n) is 26.4. The summed E-state index contributed by atoms with van der Waals surface area (Å²) in [5, 5.41) is 14.8. The van der Waals surface area contributed by atoms with Gasteiger partial charge in [-0.05, 0) is 61.3 Å². The summed E-state index contributed by atoms with van der Waals surface area (Å²) >= 11 is 0. The molecule has 0 saturated carbocycles. The quantitative estimate of drug-likeness (QED) is 0.180. The van der Waals surface area contributed by atoms with Crippen LogP contribution in [0.5, 0.6) is 0 Å². The third-order valence-electron chi connectivity index (χ3n) is 10.3. The highest BCUT2D eigenvalue weighted by molar-refractivity contribution is 6.37. The second-order valence-electron chi connectivity index (χ2n) is 12.9. The molecule has 0 N–H and O–H groups in total. The first-order chi connectivity index (χ1) is 24.3. The molecule has 11 aromatic rings. The number of aromatic nitrogens is 3. The molecule has 0 bridgehead atoms. The minimum absolute atomic E-state index is 0.828. The predicted molar refractivity (Wildman–Crippen MR) is 207 cm³/mol. The monoisotopic (exact) mass is 621 g/mol. The fourth-order valence-electron chi connectivity index (χ4n) is 8.22. The summed E-state index contributed by atoms with van der Waals surface area (Å²) in [6.45, 7) is 0. The molecule has 0 aliphatic heterocycles. The van der Waals surface area contributed by atoms with Crippen LogP contribution < -0.4 is 0 Å². The predicted octanol–water partition coefficient (Wildman–Crippen LogP) is 12.2. The van der Waals surface area contributed by atoms with Gasteiger partial charge in [0.15, 0.2) is 5.82 Å². The number of hydrogen-bond donors (Lipinski definition) is 0. The topological polar surface area (TPSA) is 30.7 Å². The summed E-state index contributed by atoms with van der Waals surface area (Å²) in [6, 6.07) is 58.8. The number of hydrogen-bond acceptors (Lipinski definition) is 2. The van der Waals surface area contributed by atoms with E-state index in [1.807, 2.05) is 0 Å². The second kappa shape index (κ2) is 9.96. The molecular formula is C46H27N3. The Morgan fingerprint density at radius 2 is 0.878 bits per heavy atom. The van der Waals surface area contributed by atoms with Crippen molar-refractivity contribution in [3.63, 3.8) is 0 Å². The van der Waals surface area contributed by atoms with Gasteiger partial charge in [-0.15, -0.1) is 0 Å². The number of benzene rings is 9. The van der Waals surface area contributed by atoms with Gasteiger partial charge in [-0.3, -0.25) is 4.57 Å². The molecular weight excluding hydrogens is 595 g/mol. The van der Waals surface area contributed by atoms with Crippen molar-refractivity contribution in [2.75, 3.05) is 0 Å². The first-order valence-corrected chi connectivity index (χ1v) is 16.8. The van der Waals surface area contributed by atoms with Crippen molar-refractivity contribution in [3.05, 3.63) is 164 Å². The summed E-state index contributed by atoms with van der Waals surface area (Å²) in [5.41, 5.74) is 5.91. The van der Waals surface area contributed by atoms with Gasteiger partial charge in [-0.1, -0.05) is 146 Å². The van der Waals surface area contributed by atoms with E-state index < -0.39 is 0 Å². The molecule has 0 aliphatic carbocycles. The molecule has 0 spiro atoms. The van der Waals surface area contributed by atoms with E-state index >= 15 is 0 Å². The zero-order chi connectivity index (χ0) is 32.1. The Morgan fingerprint density at radius 3 is 1.63 bits per heavy atom. The van der Waals surface area contributed by atoms with Crippen LogP contribution in [0.1, 0.15) is 0 Å². The van der Waals surface area contributed by atoms with E-state index in [1.54, 1.807) is 0 Å². The summed E-state index contributed by atoms with van der Waals surface area (Å²) in [5.74, 6) is 0.828. The van der Waals surface area contributed by atoms with Gasteiger partial charge in [0.2, 0.25) is 0 Å². The highest BCUT2D eigenvalue weighted by atomic mass is 15.1. The minimum Gasteiger partial charge on any atom is -0.292 e. The maximum atomic E-state index is 5.60. The molecule has 0 saturated heterocycles. The largest absolute Gasteiger partial charge is 0.292 e. The van der Waals surface area contributed by atoms with Gasteiger partial charge in [-0.2, -0.15) is 0 Å². The van der Waals surface area contributed by atoms with E-state index in [0.29, 0.717) is 0 Å². The number of fused-ring (bicyclic) bond motifs is 15. The van der Waals surface area contributed by atoms with Crippen molar-refractivity contribution >= 4 is 86.7 Å². The van der Waals surface area contributed by atoms with Crippen molar-refractivity contribution < 1.29 is 0 Å². The third-order valence-corrected chi connectivity index (χ3v) is 10.3. The first kappa shape index (κ1) is 26.5. The van der Waals surface area contributed by atoms with Crippen LogP contribution in [0.25, 0.3) is 104 Å². The standard InChI is InChI=1S/C46H27N3/c1-2-14-30(15-3-1)44-46(48-45-32-17-7-5-13-29(32)22-25-38(45)47-44)49-39-26-23-28-12-4-6-16-31(28)42(39)43-40(49)27-24-37-35-20-9-8-18-33(35)34-19-10-11-21-36(34)41(37)43/h1-27H.